The Morgan fingerprint density at radius 2 is 1.95 bits per heavy atom. The van der Waals surface area contributed by atoms with Crippen molar-refractivity contribution in [2.75, 3.05) is 5.32 Å². The van der Waals surface area contributed by atoms with E-state index in [-0.39, 0.29) is 5.69 Å². The quantitative estimate of drug-likeness (QED) is 0.804. The number of amides is 1. The monoisotopic (exact) mass is 279 g/mol. The van der Waals surface area contributed by atoms with Crippen LogP contribution in [0.4, 0.5) is 14.5 Å². The van der Waals surface area contributed by atoms with Gasteiger partial charge in [-0.25, -0.2) is 8.78 Å². The lowest BCUT2D eigenvalue weighted by Gasteiger charge is -2.09. The summed E-state index contributed by atoms with van der Waals surface area (Å²) in [7, 11) is 0. The van der Waals surface area contributed by atoms with E-state index in [0.29, 0.717) is 10.5 Å². The largest absolute Gasteiger partial charge is 0.319 e. The lowest BCUT2D eigenvalue weighted by Crippen LogP contribution is -2.14. The first-order chi connectivity index (χ1) is 8.99. The predicted molar refractivity (Wildman–Crippen MR) is 72.7 cm³/mol. The van der Waals surface area contributed by atoms with E-state index in [1.165, 1.54) is 12.1 Å². The topological polar surface area (TPSA) is 29.1 Å². The molecule has 5 heteroatoms. The van der Waals surface area contributed by atoms with Crippen molar-refractivity contribution in [2.24, 2.45) is 0 Å². The van der Waals surface area contributed by atoms with Crippen LogP contribution in [0.3, 0.4) is 0 Å². The van der Waals surface area contributed by atoms with Crippen LogP contribution in [0, 0.1) is 18.6 Å². The van der Waals surface area contributed by atoms with Gasteiger partial charge in [-0.2, -0.15) is 0 Å². The molecule has 19 heavy (non-hydrogen) atoms. The zero-order chi connectivity index (χ0) is 14.0. The molecular formula is C14H11F2NOS. The highest BCUT2D eigenvalue weighted by molar-refractivity contribution is 7.80. The molecule has 0 unspecified atom stereocenters. The maximum atomic E-state index is 13.5. The van der Waals surface area contributed by atoms with Gasteiger partial charge in [0.15, 0.2) is 11.6 Å². The number of carbonyl (C=O) groups is 1. The van der Waals surface area contributed by atoms with Crippen LogP contribution in [0.2, 0.25) is 0 Å². The molecule has 0 aliphatic rings. The van der Waals surface area contributed by atoms with Crippen LogP contribution in [0.25, 0.3) is 0 Å². The predicted octanol–water partition coefficient (Wildman–Crippen LogP) is 3.81. The molecule has 0 fully saturated rings. The summed E-state index contributed by atoms with van der Waals surface area (Å²) in [6.07, 6.45) is 0. The van der Waals surface area contributed by atoms with E-state index in [9.17, 15) is 13.6 Å². The summed E-state index contributed by atoms with van der Waals surface area (Å²) in [6, 6.07) is 8.68. The second kappa shape index (κ2) is 5.40. The molecule has 0 aromatic heterocycles. The fourth-order valence-corrected chi connectivity index (χ4v) is 1.85. The van der Waals surface area contributed by atoms with Crippen LogP contribution in [0.15, 0.2) is 41.3 Å². The Morgan fingerprint density at radius 1 is 1.21 bits per heavy atom. The highest BCUT2D eigenvalue weighted by Gasteiger charge is 2.13. The average Bonchev–Trinajstić information content (AvgIpc) is 2.38. The first-order valence-electron chi connectivity index (χ1n) is 5.54. The molecule has 1 N–H and O–H groups in total. The zero-order valence-electron chi connectivity index (χ0n) is 10.1. The fourth-order valence-electron chi connectivity index (χ4n) is 1.64. The van der Waals surface area contributed by atoms with Crippen molar-refractivity contribution in [3.05, 3.63) is 59.2 Å². The molecule has 2 aromatic carbocycles. The molecule has 0 radical (unpaired) electrons. The van der Waals surface area contributed by atoms with Crippen LogP contribution >= 0.6 is 12.6 Å². The van der Waals surface area contributed by atoms with Crippen molar-refractivity contribution >= 4 is 24.2 Å². The maximum absolute atomic E-state index is 13.5. The van der Waals surface area contributed by atoms with E-state index in [1.54, 1.807) is 25.1 Å². The Labute approximate surface area is 114 Å². The number of hydrogen-bond acceptors (Lipinski definition) is 2. The van der Waals surface area contributed by atoms with Crippen molar-refractivity contribution in [1.29, 1.82) is 0 Å². The van der Waals surface area contributed by atoms with Gasteiger partial charge in [0.25, 0.3) is 5.91 Å². The van der Waals surface area contributed by atoms with Crippen molar-refractivity contribution in [3.63, 3.8) is 0 Å². The molecule has 2 rings (SSSR count). The minimum absolute atomic E-state index is 0.186. The van der Waals surface area contributed by atoms with E-state index in [2.05, 4.69) is 17.9 Å². The molecule has 0 saturated heterocycles. The summed E-state index contributed by atoms with van der Waals surface area (Å²) >= 11 is 4.14. The van der Waals surface area contributed by atoms with Gasteiger partial charge in [0, 0.05) is 10.5 Å². The van der Waals surface area contributed by atoms with Crippen LogP contribution < -0.4 is 5.32 Å². The number of hydrogen-bond donors (Lipinski definition) is 2. The zero-order valence-corrected chi connectivity index (χ0v) is 11.0. The number of rotatable bonds is 2. The molecule has 98 valence electrons. The molecule has 0 atom stereocenters. The number of aryl methyl sites for hydroxylation is 1. The van der Waals surface area contributed by atoms with Crippen molar-refractivity contribution in [3.8, 4) is 0 Å². The fraction of sp³-hybridized carbons (Fsp3) is 0.0714. The molecule has 1 amide bonds. The second-order valence-electron chi connectivity index (χ2n) is 4.05. The van der Waals surface area contributed by atoms with E-state index in [1.807, 2.05) is 0 Å². The molecule has 2 nitrogen and oxygen atoms in total. The first-order valence-corrected chi connectivity index (χ1v) is 5.98. The van der Waals surface area contributed by atoms with Crippen molar-refractivity contribution < 1.29 is 13.6 Å². The Balaban J connectivity index is 2.31. The smallest absolute Gasteiger partial charge is 0.256 e. The molecule has 0 spiro atoms. The minimum atomic E-state index is -1.07. The van der Waals surface area contributed by atoms with Gasteiger partial charge >= 0.3 is 0 Å². The standard InChI is InChI=1S/C14H11F2NOS/c1-8-5-6-9(19)7-10(8)14(18)17-12-4-2-3-11(15)13(12)16/h2-7,19H,1H3,(H,17,18). The van der Waals surface area contributed by atoms with E-state index >= 15 is 0 Å². The number of thiol groups is 1. The number of nitrogens with one attached hydrogen (secondary N) is 1. The Kier molecular flexibility index (Phi) is 3.85. The molecule has 0 aliphatic carbocycles. The summed E-state index contributed by atoms with van der Waals surface area (Å²) in [5.74, 6) is -2.58. The normalized spacial score (nSPS) is 10.3. The molecule has 0 heterocycles. The first kappa shape index (κ1) is 13.5. The van der Waals surface area contributed by atoms with Gasteiger partial charge in [-0.05, 0) is 36.8 Å². The van der Waals surface area contributed by atoms with Gasteiger partial charge in [-0.1, -0.05) is 12.1 Å². The maximum Gasteiger partial charge on any atom is 0.256 e. The van der Waals surface area contributed by atoms with Crippen molar-refractivity contribution in [1.82, 2.24) is 0 Å². The van der Waals surface area contributed by atoms with Crippen LogP contribution in [0.5, 0.6) is 0 Å². The number of anilines is 1. The third-order valence-corrected chi connectivity index (χ3v) is 2.94. The SMILES string of the molecule is Cc1ccc(S)cc1C(=O)Nc1cccc(F)c1F. The van der Waals surface area contributed by atoms with Gasteiger partial charge in [-0.15, -0.1) is 12.6 Å². The summed E-state index contributed by atoms with van der Waals surface area (Å²) < 4.78 is 26.5. The summed E-state index contributed by atoms with van der Waals surface area (Å²) in [5, 5.41) is 2.35. The van der Waals surface area contributed by atoms with Gasteiger partial charge in [-0.3, -0.25) is 4.79 Å². The third kappa shape index (κ3) is 2.93. The van der Waals surface area contributed by atoms with Gasteiger partial charge in [0.1, 0.15) is 0 Å². The van der Waals surface area contributed by atoms with E-state index in [4.69, 9.17) is 0 Å². The van der Waals surface area contributed by atoms with Gasteiger partial charge in [0.05, 0.1) is 5.69 Å². The van der Waals surface area contributed by atoms with Gasteiger partial charge in [0.2, 0.25) is 0 Å². The summed E-state index contributed by atoms with van der Waals surface area (Å²) in [6.45, 7) is 1.75. The van der Waals surface area contributed by atoms with Crippen LogP contribution in [-0.4, -0.2) is 5.91 Å². The Hall–Kier alpha value is -1.88. The lowest BCUT2D eigenvalue weighted by molar-refractivity contribution is 0.102. The van der Waals surface area contributed by atoms with E-state index in [0.717, 1.165) is 11.6 Å². The molecule has 0 bridgehead atoms. The summed E-state index contributed by atoms with van der Waals surface area (Å²) in [5.41, 5.74) is 0.914. The molecule has 0 aliphatic heterocycles. The highest BCUT2D eigenvalue weighted by Crippen LogP contribution is 2.19. The van der Waals surface area contributed by atoms with Crippen molar-refractivity contribution in [2.45, 2.75) is 11.8 Å². The Bertz CT molecular complexity index is 643. The van der Waals surface area contributed by atoms with Crippen LogP contribution in [-0.2, 0) is 0 Å². The van der Waals surface area contributed by atoms with Gasteiger partial charge < -0.3 is 5.32 Å². The average molecular weight is 279 g/mol. The number of halogens is 2. The molecule has 0 saturated carbocycles. The highest BCUT2D eigenvalue weighted by atomic mass is 32.1. The van der Waals surface area contributed by atoms with E-state index < -0.39 is 17.5 Å². The third-order valence-electron chi connectivity index (χ3n) is 2.67. The lowest BCUT2D eigenvalue weighted by atomic mass is 10.1. The second-order valence-corrected chi connectivity index (χ2v) is 4.57. The minimum Gasteiger partial charge on any atom is -0.319 e. The molecule has 2 aromatic rings. The summed E-state index contributed by atoms with van der Waals surface area (Å²) in [4.78, 5) is 12.6. The number of carbonyl (C=O) groups excluding carboxylic acids is 1. The Morgan fingerprint density at radius 3 is 2.68 bits per heavy atom. The van der Waals surface area contributed by atoms with Crippen LogP contribution in [0.1, 0.15) is 15.9 Å². The molecular weight excluding hydrogens is 268 g/mol. The number of benzene rings is 2.